The summed E-state index contributed by atoms with van der Waals surface area (Å²) < 4.78 is 26.0. The van der Waals surface area contributed by atoms with Gasteiger partial charge < -0.3 is 0 Å². The van der Waals surface area contributed by atoms with Crippen molar-refractivity contribution >= 4 is 9.84 Å². The molecule has 0 aromatic heterocycles. The highest BCUT2D eigenvalue weighted by molar-refractivity contribution is 7.91. The summed E-state index contributed by atoms with van der Waals surface area (Å²) in [6.07, 6.45) is 5.69. The summed E-state index contributed by atoms with van der Waals surface area (Å²) in [5.41, 5.74) is 1.49. The van der Waals surface area contributed by atoms with Gasteiger partial charge in [0.1, 0.15) is 0 Å². The Morgan fingerprint density at radius 3 is 2.46 bits per heavy atom. The van der Waals surface area contributed by atoms with Gasteiger partial charge in [-0.25, -0.2) is 8.42 Å². The minimum absolute atomic E-state index is 0.0545. The van der Waals surface area contributed by atoms with Crippen LogP contribution in [0.25, 0.3) is 0 Å². The fourth-order valence-electron chi connectivity index (χ4n) is 5.53. The standard InChI is InChI=1S/C21H30O2S/c1-16-11-12-19-20(2,3)13-8-14-21(19,4)18(16)15-24(22,23)17-9-6-5-7-10-17/h5-7,9-10,18-19H,1,8,11-15H2,2-4H3/t18-,19?,21-/m1/s1. The number of rotatable bonds is 3. The van der Waals surface area contributed by atoms with Crippen LogP contribution in [0.4, 0.5) is 0 Å². The van der Waals surface area contributed by atoms with E-state index in [1.165, 1.54) is 12.8 Å². The molecule has 2 aliphatic rings. The van der Waals surface area contributed by atoms with Gasteiger partial charge in [0.25, 0.3) is 0 Å². The van der Waals surface area contributed by atoms with Crippen LogP contribution in [0.2, 0.25) is 0 Å². The first-order valence-electron chi connectivity index (χ1n) is 9.12. The van der Waals surface area contributed by atoms with Gasteiger partial charge in [-0.05, 0) is 60.5 Å². The van der Waals surface area contributed by atoms with E-state index in [-0.39, 0.29) is 17.1 Å². The largest absolute Gasteiger partial charge is 0.224 e. The molecular formula is C21H30O2S. The van der Waals surface area contributed by atoms with Crippen molar-refractivity contribution in [3.8, 4) is 0 Å². The lowest BCUT2D eigenvalue weighted by molar-refractivity contribution is -0.0458. The number of sulfone groups is 1. The summed E-state index contributed by atoms with van der Waals surface area (Å²) >= 11 is 0. The topological polar surface area (TPSA) is 34.1 Å². The first kappa shape index (κ1) is 17.7. The Bertz CT molecular complexity index is 717. The third-order valence-electron chi connectivity index (χ3n) is 6.81. The van der Waals surface area contributed by atoms with Crippen molar-refractivity contribution in [1.29, 1.82) is 0 Å². The highest BCUT2D eigenvalue weighted by atomic mass is 32.2. The molecule has 2 saturated carbocycles. The summed E-state index contributed by atoms with van der Waals surface area (Å²) in [6.45, 7) is 11.4. The Hall–Kier alpha value is -1.09. The fourth-order valence-corrected chi connectivity index (χ4v) is 7.35. The van der Waals surface area contributed by atoms with Crippen LogP contribution in [-0.4, -0.2) is 14.2 Å². The van der Waals surface area contributed by atoms with Crippen LogP contribution in [0, 0.1) is 22.7 Å². The van der Waals surface area contributed by atoms with Crippen LogP contribution >= 0.6 is 0 Å². The van der Waals surface area contributed by atoms with Crippen molar-refractivity contribution in [2.45, 2.75) is 57.8 Å². The van der Waals surface area contributed by atoms with Crippen molar-refractivity contribution in [2.24, 2.45) is 22.7 Å². The molecule has 0 bridgehead atoms. The van der Waals surface area contributed by atoms with E-state index in [4.69, 9.17) is 0 Å². The molecule has 0 N–H and O–H groups in total. The SMILES string of the molecule is C=C1CCC2C(C)(C)CCC[C@]2(C)[C@@H]1CS(=O)(=O)c1ccccc1. The van der Waals surface area contributed by atoms with Crippen LogP contribution < -0.4 is 0 Å². The first-order chi connectivity index (χ1) is 11.2. The number of benzene rings is 1. The highest BCUT2D eigenvalue weighted by Crippen LogP contribution is 2.61. The van der Waals surface area contributed by atoms with E-state index in [1.54, 1.807) is 24.3 Å². The number of hydrogen-bond donors (Lipinski definition) is 0. The van der Waals surface area contributed by atoms with Crippen LogP contribution in [0.5, 0.6) is 0 Å². The van der Waals surface area contributed by atoms with E-state index >= 15 is 0 Å². The summed E-state index contributed by atoms with van der Waals surface area (Å²) in [4.78, 5) is 0.443. The molecule has 0 saturated heterocycles. The van der Waals surface area contributed by atoms with Crippen LogP contribution in [0.15, 0.2) is 47.4 Å². The first-order valence-corrected chi connectivity index (χ1v) is 10.8. The van der Waals surface area contributed by atoms with Crippen molar-refractivity contribution in [3.63, 3.8) is 0 Å². The smallest absolute Gasteiger partial charge is 0.178 e. The molecule has 2 nitrogen and oxygen atoms in total. The molecule has 1 aromatic carbocycles. The molecule has 2 aliphatic carbocycles. The third kappa shape index (κ3) is 2.96. The quantitative estimate of drug-likeness (QED) is 0.700. The average Bonchev–Trinajstić information content (AvgIpc) is 2.51. The lowest BCUT2D eigenvalue weighted by Crippen LogP contribution is -2.51. The second-order valence-electron chi connectivity index (χ2n) is 8.74. The monoisotopic (exact) mass is 346 g/mol. The predicted octanol–water partition coefficient (Wildman–Crippen LogP) is 5.26. The van der Waals surface area contributed by atoms with Crippen molar-refractivity contribution in [2.75, 3.05) is 5.75 Å². The van der Waals surface area contributed by atoms with E-state index in [0.717, 1.165) is 24.8 Å². The van der Waals surface area contributed by atoms with Crippen molar-refractivity contribution in [1.82, 2.24) is 0 Å². The van der Waals surface area contributed by atoms with Gasteiger partial charge in [0.15, 0.2) is 9.84 Å². The fraction of sp³-hybridized carbons (Fsp3) is 0.619. The Morgan fingerprint density at radius 2 is 1.79 bits per heavy atom. The van der Waals surface area contributed by atoms with E-state index in [0.29, 0.717) is 16.2 Å². The van der Waals surface area contributed by atoms with Gasteiger partial charge in [-0.15, -0.1) is 0 Å². The van der Waals surface area contributed by atoms with E-state index < -0.39 is 9.84 Å². The zero-order valence-electron chi connectivity index (χ0n) is 15.2. The molecule has 0 aliphatic heterocycles. The van der Waals surface area contributed by atoms with Crippen molar-refractivity contribution in [3.05, 3.63) is 42.5 Å². The minimum atomic E-state index is -3.28. The van der Waals surface area contributed by atoms with Gasteiger partial charge >= 0.3 is 0 Å². The van der Waals surface area contributed by atoms with Gasteiger partial charge in [0.05, 0.1) is 10.6 Å². The maximum Gasteiger partial charge on any atom is 0.178 e. The molecule has 1 aromatic rings. The summed E-state index contributed by atoms with van der Waals surface area (Å²) in [7, 11) is -3.28. The second-order valence-corrected chi connectivity index (χ2v) is 10.8. The van der Waals surface area contributed by atoms with E-state index in [2.05, 4.69) is 27.4 Å². The molecule has 0 heterocycles. The van der Waals surface area contributed by atoms with E-state index in [1.807, 2.05) is 6.07 Å². The molecule has 24 heavy (non-hydrogen) atoms. The lowest BCUT2D eigenvalue weighted by Gasteiger charge is -2.57. The zero-order chi connectivity index (χ0) is 17.6. The Morgan fingerprint density at radius 1 is 1.12 bits per heavy atom. The van der Waals surface area contributed by atoms with Gasteiger partial charge in [0, 0.05) is 0 Å². The van der Waals surface area contributed by atoms with Crippen LogP contribution in [-0.2, 0) is 9.84 Å². The number of fused-ring (bicyclic) bond motifs is 1. The Balaban J connectivity index is 1.95. The average molecular weight is 347 g/mol. The van der Waals surface area contributed by atoms with Gasteiger partial charge in [-0.2, -0.15) is 0 Å². The number of hydrogen-bond acceptors (Lipinski definition) is 2. The Kier molecular flexibility index (Phi) is 4.44. The molecule has 132 valence electrons. The molecule has 0 radical (unpaired) electrons. The van der Waals surface area contributed by atoms with Crippen LogP contribution in [0.3, 0.4) is 0 Å². The van der Waals surface area contributed by atoms with Crippen molar-refractivity contribution < 1.29 is 8.42 Å². The summed E-state index contributed by atoms with van der Waals surface area (Å²) in [5, 5.41) is 0. The highest BCUT2D eigenvalue weighted by Gasteiger charge is 2.53. The molecule has 3 heteroatoms. The maximum atomic E-state index is 13.0. The van der Waals surface area contributed by atoms with Gasteiger partial charge in [-0.1, -0.05) is 57.5 Å². The Labute approximate surface area is 147 Å². The normalized spacial score (nSPS) is 33.0. The summed E-state index contributed by atoms with van der Waals surface area (Å²) in [5.74, 6) is 0.861. The summed E-state index contributed by atoms with van der Waals surface area (Å²) in [6, 6.07) is 8.89. The lowest BCUT2D eigenvalue weighted by atomic mass is 9.48. The van der Waals surface area contributed by atoms with Gasteiger partial charge in [0.2, 0.25) is 0 Å². The number of allylic oxidation sites excluding steroid dienone is 1. The molecule has 2 fully saturated rings. The molecular weight excluding hydrogens is 316 g/mol. The van der Waals surface area contributed by atoms with Crippen LogP contribution in [0.1, 0.15) is 52.9 Å². The molecule has 0 spiro atoms. The third-order valence-corrected chi connectivity index (χ3v) is 8.57. The minimum Gasteiger partial charge on any atom is -0.224 e. The second kappa shape index (κ2) is 6.01. The molecule has 3 rings (SSSR count). The maximum absolute atomic E-state index is 13.0. The molecule has 0 amide bonds. The predicted molar refractivity (Wildman–Crippen MR) is 99.6 cm³/mol. The molecule has 3 atom stereocenters. The molecule has 1 unspecified atom stereocenters. The van der Waals surface area contributed by atoms with E-state index in [9.17, 15) is 8.42 Å². The zero-order valence-corrected chi connectivity index (χ0v) is 16.0. The van der Waals surface area contributed by atoms with Gasteiger partial charge in [-0.3, -0.25) is 0 Å².